The molecule has 160 valence electrons. The molecule has 2 amide bonds. The molecule has 0 bridgehead atoms. The second-order valence-electron chi connectivity index (χ2n) is 6.41. The zero-order valence-electron chi connectivity index (χ0n) is 17.0. The average Bonchev–Trinajstić information content (AvgIpc) is 2.80. The molecule has 2 N–H and O–H groups in total. The maximum absolute atomic E-state index is 12.5. The van der Waals surface area contributed by atoms with Crippen LogP contribution in [0.5, 0.6) is 5.75 Å². The third-order valence-electron chi connectivity index (χ3n) is 4.31. The largest absolute Gasteiger partial charge is 0.496 e. The number of alkyl halides is 2. The Bertz CT molecular complexity index is 892. The van der Waals surface area contributed by atoms with Gasteiger partial charge in [-0.1, -0.05) is 18.7 Å². The highest BCUT2D eigenvalue weighted by Crippen LogP contribution is 2.32. The maximum atomic E-state index is 12.5. The molecule has 1 aliphatic rings. The van der Waals surface area contributed by atoms with Crippen LogP contribution < -0.4 is 15.4 Å². The van der Waals surface area contributed by atoms with Crippen LogP contribution in [0.15, 0.2) is 61.0 Å². The van der Waals surface area contributed by atoms with Gasteiger partial charge in [0, 0.05) is 29.4 Å². The van der Waals surface area contributed by atoms with Gasteiger partial charge in [-0.25, -0.2) is 8.78 Å². The lowest BCUT2D eigenvalue weighted by Crippen LogP contribution is -2.33. The molecule has 0 unspecified atom stereocenters. The van der Waals surface area contributed by atoms with Gasteiger partial charge in [-0.05, 0) is 43.0 Å². The Labute approximate surface area is 174 Å². The van der Waals surface area contributed by atoms with Gasteiger partial charge in [-0.2, -0.15) is 0 Å². The fraction of sp³-hybridized carbons (Fsp3) is 0.273. The lowest BCUT2D eigenvalue weighted by Gasteiger charge is -2.20. The number of halogens is 2. The molecule has 6 nitrogen and oxygen atoms in total. The van der Waals surface area contributed by atoms with Crippen LogP contribution in [0.4, 0.5) is 8.78 Å². The van der Waals surface area contributed by atoms with Crippen molar-refractivity contribution >= 4 is 17.4 Å². The van der Waals surface area contributed by atoms with Crippen molar-refractivity contribution in [3.05, 3.63) is 72.1 Å². The molecule has 0 aliphatic carbocycles. The molecule has 0 aromatic heterocycles. The molecule has 1 heterocycles. The minimum Gasteiger partial charge on any atom is -0.496 e. The number of methoxy groups -OCH3 is 1. The molecule has 8 heteroatoms. The standard InChI is InChI=1S/C22H25F2N3O3/c1-4-5-10-27-14-18(15(2)8-9-25-13-21(27)28)17-11-16(6-7-19(17)30-3)22(29)26-12-20(23)24/h4-9,11,14,20,25H,2,10,12-13H2,1,3H3,(H,26,29)/b5-4+,9-8-,18-14?. The Morgan fingerprint density at radius 1 is 1.43 bits per heavy atom. The summed E-state index contributed by atoms with van der Waals surface area (Å²) in [6, 6.07) is 4.60. The van der Waals surface area contributed by atoms with E-state index in [1.54, 1.807) is 24.5 Å². The number of carbonyl (C=O) groups excluding carboxylic acids is 2. The number of ether oxygens (including phenoxy) is 1. The Morgan fingerprint density at radius 2 is 2.20 bits per heavy atom. The van der Waals surface area contributed by atoms with E-state index in [1.807, 2.05) is 19.1 Å². The van der Waals surface area contributed by atoms with Gasteiger partial charge in [0.05, 0.1) is 20.2 Å². The zero-order valence-corrected chi connectivity index (χ0v) is 17.0. The van der Waals surface area contributed by atoms with Crippen LogP contribution in [0.3, 0.4) is 0 Å². The van der Waals surface area contributed by atoms with E-state index >= 15 is 0 Å². The molecule has 1 aromatic carbocycles. The van der Waals surface area contributed by atoms with Gasteiger partial charge in [0.2, 0.25) is 5.91 Å². The fourth-order valence-electron chi connectivity index (χ4n) is 2.76. The van der Waals surface area contributed by atoms with Crippen LogP contribution in [0.25, 0.3) is 5.57 Å². The van der Waals surface area contributed by atoms with Crippen molar-refractivity contribution in [1.29, 1.82) is 0 Å². The van der Waals surface area contributed by atoms with Gasteiger partial charge in [0.15, 0.2) is 0 Å². The molecule has 0 spiro atoms. The number of carbonyl (C=O) groups is 2. The van der Waals surface area contributed by atoms with Crippen molar-refractivity contribution in [1.82, 2.24) is 15.5 Å². The highest BCUT2D eigenvalue weighted by Gasteiger charge is 2.19. The summed E-state index contributed by atoms with van der Waals surface area (Å²) < 4.78 is 30.3. The molecule has 2 rings (SSSR count). The van der Waals surface area contributed by atoms with E-state index in [4.69, 9.17) is 4.74 Å². The van der Waals surface area contributed by atoms with Crippen LogP contribution in [-0.2, 0) is 4.79 Å². The third-order valence-corrected chi connectivity index (χ3v) is 4.31. The first-order chi connectivity index (χ1) is 14.4. The second-order valence-corrected chi connectivity index (χ2v) is 6.41. The van der Waals surface area contributed by atoms with Crippen LogP contribution in [0.1, 0.15) is 22.8 Å². The predicted molar refractivity (Wildman–Crippen MR) is 112 cm³/mol. The number of amides is 2. The number of allylic oxidation sites excluding steroid dienone is 4. The Kier molecular flexibility index (Phi) is 8.34. The molecule has 1 aliphatic heterocycles. The summed E-state index contributed by atoms with van der Waals surface area (Å²) in [5, 5.41) is 5.10. The van der Waals surface area contributed by atoms with Crippen LogP contribution in [0.2, 0.25) is 0 Å². The highest BCUT2D eigenvalue weighted by atomic mass is 19.3. The Morgan fingerprint density at radius 3 is 2.87 bits per heavy atom. The topological polar surface area (TPSA) is 70.7 Å². The van der Waals surface area contributed by atoms with Crippen molar-refractivity contribution in [3.8, 4) is 5.75 Å². The summed E-state index contributed by atoms with van der Waals surface area (Å²) in [6.45, 7) is 5.63. The number of nitrogens with one attached hydrogen (secondary N) is 2. The van der Waals surface area contributed by atoms with E-state index in [0.717, 1.165) is 0 Å². The first kappa shape index (κ1) is 22.9. The van der Waals surface area contributed by atoms with Gasteiger partial charge in [-0.15, -0.1) is 0 Å². The first-order valence-corrected chi connectivity index (χ1v) is 9.33. The highest BCUT2D eigenvalue weighted by molar-refractivity contribution is 5.97. The van der Waals surface area contributed by atoms with E-state index in [0.29, 0.717) is 29.0 Å². The lowest BCUT2D eigenvalue weighted by molar-refractivity contribution is -0.127. The van der Waals surface area contributed by atoms with E-state index < -0.39 is 18.9 Å². The zero-order chi connectivity index (χ0) is 22.1. The summed E-state index contributed by atoms with van der Waals surface area (Å²) in [6.07, 6.45) is 6.02. The molecule has 0 fully saturated rings. The lowest BCUT2D eigenvalue weighted by atomic mass is 9.96. The van der Waals surface area contributed by atoms with Crippen molar-refractivity contribution in [3.63, 3.8) is 0 Å². The summed E-state index contributed by atoms with van der Waals surface area (Å²) in [5.41, 5.74) is 1.84. The molecule has 0 saturated heterocycles. The SMILES string of the molecule is C=C1/C=C\NCC(=O)N(C/C=C/C)C=C1c1cc(C(=O)NCC(F)F)ccc1OC. The molecule has 1 aromatic rings. The third kappa shape index (κ3) is 6.04. The van der Waals surface area contributed by atoms with Gasteiger partial charge < -0.3 is 20.3 Å². The van der Waals surface area contributed by atoms with E-state index in [1.165, 1.54) is 24.1 Å². The number of hydrogen-bond acceptors (Lipinski definition) is 4. The molecule has 0 saturated carbocycles. The molecule has 0 atom stereocenters. The van der Waals surface area contributed by atoms with E-state index in [9.17, 15) is 18.4 Å². The van der Waals surface area contributed by atoms with Crippen LogP contribution in [0, 0.1) is 0 Å². The van der Waals surface area contributed by atoms with E-state index in [-0.39, 0.29) is 18.0 Å². The monoisotopic (exact) mass is 417 g/mol. The van der Waals surface area contributed by atoms with Crippen LogP contribution in [-0.4, -0.2) is 49.9 Å². The molecular formula is C22H25F2N3O3. The smallest absolute Gasteiger partial charge is 0.255 e. The summed E-state index contributed by atoms with van der Waals surface area (Å²) in [7, 11) is 1.48. The summed E-state index contributed by atoms with van der Waals surface area (Å²) >= 11 is 0. The predicted octanol–water partition coefficient (Wildman–Crippen LogP) is 3.11. The maximum Gasteiger partial charge on any atom is 0.255 e. The summed E-state index contributed by atoms with van der Waals surface area (Å²) in [4.78, 5) is 26.4. The second kappa shape index (κ2) is 10.9. The minimum atomic E-state index is -2.65. The van der Waals surface area contributed by atoms with Crippen molar-refractivity contribution in [2.75, 3.05) is 26.7 Å². The van der Waals surface area contributed by atoms with Crippen LogP contribution >= 0.6 is 0 Å². The van der Waals surface area contributed by atoms with Crippen molar-refractivity contribution < 1.29 is 23.1 Å². The first-order valence-electron chi connectivity index (χ1n) is 9.33. The molecule has 0 radical (unpaired) electrons. The van der Waals surface area contributed by atoms with Gasteiger partial charge in [0.1, 0.15) is 5.75 Å². The molecular weight excluding hydrogens is 392 g/mol. The van der Waals surface area contributed by atoms with Gasteiger partial charge in [-0.3, -0.25) is 9.59 Å². The number of hydrogen-bond donors (Lipinski definition) is 2. The summed E-state index contributed by atoms with van der Waals surface area (Å²) in [5.74, 6) is -0.339. The quantitative estimate of drug-likeness (QED) is 0.669. The Balaban J connectivity index is 2.54. The van der Waals surface area contributed by atoms with E-state index in [2.05, 4.69) is 17.2 Å². The minimum absolute atomic E-state index is 0.109. The number of benzene rings is 1. The number of nitrogens with zero attached hydrogens (tertiary/aromatic N) is 1. The number of rotatable bonds is 7. The van der Waals surface area contributed by atoms with Crippen molar-refractivity contribution in [2.45, 2.75) is 13.3 Å². The Hall–Kier alpha value is -3.42. The van der Waals surface area contributed by atoms with Gasteiger partial charge in [0.25, 0.3) is 12.3 Å². The fourth-order valence-corrected chi connectivity index (χ4v) is 2.76. The van der Waals surface area contributed by atoms with Crippen molar-refractivity contribution in [2.24, 2.45) is 0 Å². The molecule has 30 heavy (non-hydrogen) atoms. The van der Waals surface area contributed by atoms with Gasteiger partial charge >= 0.3 is 0 Å². The normalized spacial score (nSPS) is 15.9. The average molecular weight is 417 g/mol.